The van der Waals surface area contributed by atoms with Crippen LogP contribution in [0.15, 0.2) is 42.5 Å². The predicted molar refractivity (Wildman–Crippen MR) is 138 cm³/mol. The summed E-state index contributed by atoms with van der Waals surface area (Å²) in [5.74, 6) is -0.862. The van der Waals surface area contributed by atoms with Crippen molar-refractivity contribution >= 4 is 50.7 Å². The van der Waals surface area contributed by atoms with Crippen molar-refractivity contribution < 1.29 is 18.0 Å². The van der Waals surface area contributed by atoms with Crippen LogP contribution in [0.5, 0.6) is 0 Å². The zero-order valence-electron chi connectivity index (χ0n) is 20.0. The van der Waals surface area contributed by atoms with Gasteiger partial charge in [0.05, 0.1) is 17.0 Å². The molecule has 2 atom stereocenters. The van der Waals surface area contributed by atoms with Crippen LogP contribution >= 0.6 is 23.2 Å². The summed E-state index contributed by atoms with van der Waals surface area (Å²) < 4.78 is 26.2. The molecule has 0 aromatic heterocycles. The van der Waals surface area contributed by atoms with Crippen molar-refractivity contribution in [2.24, 2.45) is 0 Å². The van der Waals surface area contributed by atoms with Crippen molar-refractivity contribution in [2.75, 3.05) is 17.1 Å². The van der Waals surface area contributed by atoms with Crippen LogP contribution in [0.1, 0.15) is 38.3 Å². The molecular formula is C24H31Cl2N3O4S. The third-order valence-corrected chi connectivity index (χ3v) is 7.31. The minimum Gasteiger partial charge on any atom is -0.352 e. The molecule has 0 aliphatic heterocycles. The van der Waals surface area contributed by atoms with Crippen molar-refractivity contribution in [1.82, 2.24) is 10.2 Å². The molecule has 0 saturated heterocycles. The van der Waals surface area contributed by atoms with Gasteiger partial charge in [-0.25, -0.2) is 8.42 Å². The standard InChI is InChI=1S/C24H31Cl2N3O4S/c1-6-17(3)27-24(31)18(4)28(14-19-10-8-7-9-16(19)2)23(30)15-29(34(5,32)33)22-13-20(25)11-12-21(22)26/h7-13,17-18H,6,14-15H2,1-5H3,(H,27,31). The molecule has 2 unspecified atom stereocenters. The summed E-state index contributed by atoms with van der Waals surface area (Å²) in [6.45, 7) is 6.98. The van der Waals surface area contributed by atoms with E-state index in [-0.39, 0.29) is 34.2 Å². The lowest BCUT2D eigenvalue weighted by Gasteiger charge is -2.32. The third-order valence-electron chi connectivity index (χ3n) is 5.63. The van der Waals surface area contributed by atoms with Gasteiger partial charge >= 0.3 is 0 Å². The predicted octanol–water partition coefficient (Wildman–Crippen LogP) is 4.40. The van der Waals surface area contributed by atoms with Crippen LogP contribution < -0.4 is 9.62 Å². The molecule has 2 rings (SSSR count). The average molecular weight is 529 g/mol. The van der Waals surface area contributed by atoms with E-state index in [2.05, 4.69) is 5.32 Å². The first-order valence-electron chi connectivity index (χ1n) is 10.9. The largest absolute Gasteiger partial charge is 0.352 e. The zero-order valence-corrected chi connectivity index (χ0v) is 22.3. The molecule has 0 fully saturated rings. The van der Waals surface area contributed by atoms with Gasteiger partial charge in [-0.1, -0.05) is 54.4 Å². The van der Waals surface area contributed by atoms with E-state index in [9.17, 15) is 18.0 Å². The van der Waals surface area contributed by atoms with E-state index in [1.807, 2.05) is 45.0 Å². The number of sulfonamides is 1. The van der Waals surface area contributed by atoms with Crippen LogP contribution in [0.4, 0.5) is 5.69 Å². The lowest BCUT2D eigenvalue weighted by molar-refractivity contribution is -0.139. The topological polar surface area (TPSA) is 86.8 Å². The van der Waals surface area contributed by atoms with Gasteiger partial charge in [0.25, 0.3) is 0 Å². The van der Waals surface area contributed by atoms with Gasteiger partial charge in [-0.15, -0.1) is 0 Å². The van der Waals surface area contributed by atoms with Crippen molar-refractivity contribution in [2.45, 2.75) is 52.7 Å². The number of nitrogens with zero attached hydrogens (tertiary/aromatic N) is 2. The smallest absolute Gasteiger partial charge is 0.244 e. The maximum absolute atomic E-state index is 13.6. The van der Waals surface area contributed by atoms with E-state index < -0.39 is 28.5 Å². The quantitative estimate of drug-likeness (QED) is 0.495. The molecule has 0 aliphatic rings. The number of rotatable bonds is 10. The maximum Gasteiger partial charge on any atom is 0.244 e. The second kappa shape index (κ2) is 11.9. The Labute approximate surface area is 212 Å². The first-order chi connectivity index (χ1) is 15.8. The Morgan fingerprint density at radius 2 is 1.74 bits per heavy atom. The monoisotopic (exact) mass is 527 g/mol. The molecule has 0 saturated carbocycles. The molecular weight excluding hydrogens is 497 g/mol. The molecule has 0 spiro atoms. The Morgan fingerprint density at radius 1 is 1.09 bits per heavy atom. The van der Waals surface area contributed by atoms with Crippen LogP contribution in [0.3, 0.4) is 0 Å². The fraction of sp³-hybridized carbons (Fsp3) is 0.417. The first kappa shape index (κ1) is 28.0. The molecule has 0 bridgehead atoms. The van der Waals surface area contributed by atoms with Crippen LogP contribution in [-0.4, -0.2) is 50.0 Å². The van der Waals surface area contributed by atoms with Crippen molar-refractivity contribution in [3.05, 3.63) is 63.6 Å². The second-order valence-electron chi connectivity index (χ2n) is 8.31. The fourth-order valence-electron chi connectivity index (χ4n) is 3.29. The highest BCUT2D eigenvalue weighted by Crippen LogP contribution is 2.31. The SMILES string of the molecule is CCC(C)NC(=O)C(C)N(Cc1ccccc1C)C(=O)CN(c1cc(Cl)ccc1Cl)S(C)(=O)=O. The third kappa shape index (κ3) is 7.35. The first-order valence-corrected chi connectivity index (χ1v) is 13.5. The highest BCUT2D eigenvalue weighted by molar-refractivity contribution is 7.92. The van der Waals surface area contributed by atoms with Gasteiger partial charge in [0, 0.05) is 17.6 Å². The van der Waals surface area contributed by atoms with E-state index in [0.717, 1.165) is 28.1 Å². The lowest BCUT2D eigenvalue weighted by atomic mass is 10.1. The molecule has 10 heteroatoms. The van der Waals surface area contributed by atoms with Gasteiger partial charge in [-0.3, -0.25) is 13.9 Å². The fourth-order valence-corrected chi connectivity index (χ4v) is 4.58. The molecule has 2 amide bonds. The number of benzene rings is 2. The molecule has 2 aromatic carbocycles. The van der Waals surface area contributed by atoms with Gasteiger partial charge in [0.15, 0.2) is 0 Å². The molecule has 7 nitrogen and oxygen atoms in total. The Hall–Kier alpha value is -2.29. The Bertz CT molecular complexity index is 1140. The van der Waals surface area contributed by atoms with Gasteiger partial charge < -0.3 is 10.2 Å². The Kier molecular flexibility index (Phi) is 9.79. The summed E-state index contributed by atoms with van der Waals surface area (Å²) in [4.78, 5) is 27.8. The average Bonchev–Trinajstić information content (AvgIpc) is 2.77. The molecule has 0 aliphatic carbocycles. The minimum absolute atomic E-state index is 0.0665. The summed E-state index contributed by atoms with van der Waals surface area (Å²) in [5.41, 5.74) is 1.90. The Morgan fingerprint density at radius 3 is 2.32 bits per heavy atom. The second-order valence-corrected chi connectivity index (χ2v) is 11.1. The number of nitrogens with one attached hydrogen (secondary N) is 1. The van der Waals surface area contributed by atoms with Crippen LogP contribution in [-0.2, 0) is 26.2 Å². The van der Waals surface area contributed by atoms with Crippen LogP contribution in [0.2, 0.25) is 10.0 Å². The number of aryl methyl sites for hydroxylation is 1. The number of halogens is 2. The van der Waals surface area contributed by atoms with Crippen molar-refractivity contribution in [3.63, 3.8) is 0 Å². The molecule has 0 radical (unpaired) electrons. The van der Waals surface area contributed by atoms with E-state index in [0.29, 0.717) is 0 Å². The molecule has 1 N–H and O–H groups in total. The van der Waals surface area contributed by atoms with E-state index in [4.69, 9.17) is 23.2 Å². The number of carbonyl (C=O) groups excluding carboxylic acids is 2. The van der Waals surface area contributed by atoms with Crippen LogP contribution in [0.25, 0.3) is 0 Å². The Balaban J connectivity index is 2.45. The maximum atomic E-state index is 13.6. The van der Waals surface area contributed by atoms with E-state index >= 15 is 0 Å². The summed E-state index contributed by atoms with van der Waals surface area (Å²) in [5, 5.41) is 3.30. The number of hydrogen-bond acceptors (Lipinski definition) is 4. The van der Waals surface area contributed by atoms with Crippen molar-refractivity contribution in [3.8, 4) is 0 Å². The summed E-state index contributed by atoms with van der Waals surface area (Å²) in [7, 11) is -3.89. The highest BCUT2D eigenvalue weighted by atomic mass is 35.5. The minimum atomic E-state index is -3.89. The molecule has 0 heterocycles. The number of amides is 2. The molecule has 2 aromatic rings. The number of hydrogen-bond donors (Lipinski definition) is 1. The van der Waals surface area contributed by atoms with Crippen molar-refractivity contribution in [1.29, 1.82) is 0 Å². The van der Waals surface area contributed by atoms with Crippen LogP contribution in [0, 0.1) is 6.92 Å². The summed E-state index contributed by atoms with van der Waals surface area (Å²) >= 11 is 12.3. The molecule has 186 valence electrons. The van der Waals surface area contributed by atoms with Gasteiger partial charge in [0.1, 0.15) is 12.6 Å². The molecule has 34 heavy (non-hydrogen) atoms. The van der Waals surface area contributed by atoms with Gasteiger partial charge in [0.2, 0.25) is 21.8 Å². The summed E-state index contributed by atoms with van der Waals surface area (Å²) in [6.07, 6.45) is 1.72. The summed E-state index contributed by atoms with van der Waals surface area (Å²) in [6, 6.07) is 11.0. The lowest BCUT2D eigenvalue weighted by Crippen LogP contribution is -2.52. The normalized spacial score (nSPS) is 13.1. The highest BCUT2D eigenvalue weighted by Gasteiger charge is 2.31. The zero-order chi connectivity index (χ0) is 25.6. The van der Waals surface area contributed by atoms with E-state index in [1.54, 1.807) is 6.92 Å². The van der Waals surface area contributed by atoms with Gasteiger partial charge in [-0.2, -0.15) is 0 Å². The number of anilines is 1. The van der Waals surface area contributed by atoms with E-state index in [1.165, 1.54) is 23.1 Å². The number of carbonyl (C=O) groups is 2. The van der Waals surface area contributed by atoms with Gasteiger partial charge in [-0.05, 0) is 56.5 Å².